The molecule has 0 atom stereocenters. The van der Waals surface area contributed by atoms with Crippen LogP contribution in [0.3, 0.4) is 0 Å². The fourth-order valence-electron chi connectivity index (χ4n) is 0. The average Bonchev–Trinajstić information content (AvgIpc) is 0.811. The van der Waals surface area contributed by atoms with Crippen LogP contribution >= 0.6 is 0 Å². The zero-order valence-corrected chi connectivity index (χ0v) is 9.83. The smallest absolute Gasteiger partial charge is 0.652 e. The summed E-state index contributed by atoms with van der Waals surface area (Å²) in [5.74, 6) is 0. The molecule has 0 fully saturated rings. The molecule has 0 aliphatic rings. The van der Waals surface area contributed by atoms with Crippen LogP contribution in [0.1, 0.15) is 0 Å². The molecule has 0 amide bonds. The molecule has 5 heteroatoms. The SMILES string of the molecule is O=C([O-])[O-].[Ba+2].[Zr]. The van der Waals surface area contributed by atoms with Crippen LogP contribution in [0.15, 0.2) is 0 Å². The van der Waals surface area contributed by atoms with Crippen molar-refractivity contribution in [3.63, 3.8) is 0 Å². The van der Waals surface area contributed by atoms with Gasteiger partial charge in [-0.15, -0.1) is 0 Å². The van der Waals surface area contributed by atoms with Gasteiger partial charge in [-0.3, -0.25) is 0 Å². The summed E-state index contributed by atoms with van der Waals surface area (Å²) in [7, 11) is 0. The van der Waals surface area contributed by atoms with Gasteiger partial charge in [0.25, 0.3) is 0 Å². The van der Waals surface area contributed by atoms with Crippen molar-refractivity contribution in [1.29, 1.82) is 0 Å². The van der Waals surface area contributed by atoms with Crippen LogP contribution in [0.4, 0.5) is 4.79 Å². The second-order valence-electron chi connectivity index (χ2n) is 0.250. The van der Waals surface area contributed by atoms with Crippen molar-refractivity contribution in [3.8, 4) is 0 Å². The van der Waals surface area contributed by atoms with E-state index in [0.717, 1.165) is 0 Å². The molecule has 0 aromatic heterocycles. The van der Waals surface area contributed by atoms with Gasteiger partial charge in [-0.1, -0.05) is 0 Å². The Labute approximate surface area is 94.3 Å². The first-order chi connectivity index (χ1) is 1.73. The topological polar surface area (TPSA) is 63.2 Å². The molecule has 0 N–H and O–H groups in total. The molecule has 0 aliphatic carbocycles. The van der Waals surface area contributed by atoms with Gasteiger partial charge >= 0.3 is 48.9 Å². The molecule has 0 saturated carbocycles. The predicted octanol–water partition coefficient (Wildman–Crippen LogP) is -2.83. The molecule has 0 aromatic carbocycles. The summed E-state index contributed by atoms with van der Waals surface area (Å²) in [6.07, 6.45) is -2.33. The maximum atomic E-state index is 8.33. The molecule has 0 heterocycles. The molecular formula is CBaO3Zr. The monoisotopic (exact) mass is 288 g/mol. The minimum atomic E-state index is -2.33. The Bertz CT molecular complexity index is 33.8. The first-order valence-corrected chi connectivity index (χ1v) is 0.612. The predicted molar refractivity (Wildman–Crippen MR) is 11.1 cm³/mol. The van der Waals surface area contributed by atoms with Gasteiger partial charge in [0.2, 0.25) is 0 Å². The largest absolute Gasteiger partial charge is 2.00 e. The molecule has 6 heavy (non-hydrogen) atoms. The third kappa shape index (κ3) is 43.0. The van der Waals surface area contributed by atoms with E-state index in [9.17, 15) is 0 Å². The van der Waals surface area contributed by atoms with Gasteiger partial charge in [0.05, 0.1) is 0 Å². The van der Waals surface area contributed by atoms with Gasteiger partial charge in [-0.05, 0) is 6.16 Å². The molecule has 28 valence electrons. The van der Waals surface area contributed by atoms with Crippen molar-refractivity contribution in [2.24, 2.45) is 0 Å². The molecule has 0 unspecified atom stereocenters. The number of rotatable bonds is 0. The minimum Gasteiger partial charge on any atom is -0.652 e. The van der Waals surface area contributed by atoms with Crippen LogP contribution < -0.4 is 10.2 Å². The van der Waals surface area contributed by atoms with E-state index in [0.29, 0.717) is 0 Å². The maximum absolute atomic E-state index is 8.33. The van der Waals surface area contributed by atoms with Crippen molar-refractivity contribution in [1.82, 2.24) is 0 Å². The minimum absolute atomic E-state index is 0. The quantitative estimate of drug-likeness (QED) is 0.452. The van der Waals surface area contributed by atoms with Crippen molar-refractivity contribution in [3.05, 3.63) is 0 Å². The van der Waals surface area contributed by atoms with Gasteiger partial charge in [0.15, 0.2) is 0 Å². The van der Waals surface area contributed by atoms with Crippen molar-refractivity contribution >= 4 is 55.0 Å². The van der Waals surface area contributed by atoms with E-state index in [1.807, 2.05) is 0 Å². The standard InChI is InChI=1S/CH2O3.Ba.Zr/c2-1(3)4;;/h(H2,2,3,4);;/q;+2;/p-2. The molecule has 0 radical (unpaired) electrons. The number of carboxylic acid groups (broad SMARTS) is 2. The normalized spacial score (nSPS) is 4.00. The molecule has 0 spiro atoms. The average molecular weight is 289 g/mol. The molecule has 0 saturated heterocycles. The summed E-state index contributed by atoms with van der Waals surface area (Å²) in [4.78, 5) is 8.33. The van der Waals surface area contributed by atoms with Crippen LogP contribution in [0.5, 0.6) is 0 Å². The Kier molecular flexibility index (Phi) is 25.7. The second-order valence-corrected chi connectivity index (χ2v) is 0.250. The Balaban J connectivity index is -0.0000000450. The Morgan fingerprint density at radius 2 is 1.33 bits per heavy atom. The van der Waals surface area contributed by atoms with Gasteiger partial charge in [0, 0.05) is 26.2 Å². The van der Waals surface area contributed by atoms with E-state index in [-0.39, 0.29) is 75.1 Å². The summed E-state index contributed by atoms with van der Waals surface area (Å²) < 4.78 is 0. The van der Waals surface area contributed by atoms with E-state index < -0.39 is 6.16 Å². The first-order valence-electron chi connectivity index (χ1n) is 0.612. The van der Waals surface area contributed by atoms with E-state index in [1.54, 1.807) is 0 Å². The van der Waals surface area contributed by atoms with E-state index >= 15 is 0 Å². The number of carbonyl (C=O) groups excluding carboxylic acids is 1. The molecule has 0 aromatic rings. The van der Waals surface area contributed by atoms with Crippen LogP contribution in [-0.2, 0) is 26.2 Å². The summed E-state index contributed by atoms with van der Waals surface area (Å²) in [5.41, 5.74) is 0. The Morgan fingerprint density at radius 3 is 1.33 bits per heavy atom. The third-order valence-corrected chi connectivity index (χ3v) is 0. The van der Waals surface area contributed by atoms with Crippen LogP contribution in [0.25, 0.3) is 0 Å². The third-order valence-electron chi connectivity index (χ3n) is 0. The van der Waals surface area contributed by atoms with E-state index in [1.165, 1.54) is 0 Å². The number of hydrogen-bond acceptors (Lipinski definition) is 3. The fourth-order valence-corrected chi connectivity index (χ4v) is 0. The van der Waals surface area contributed by atoms with Crippen LogP contribution in [0.2, 0.25) is 0 Å². The van der Waals surface area contributed by atoms with Crippen LogP contribution in [0, 0.1) is 0 Å². The summed E-state index contributed by atoms with van der Waals surface area (Å²) in [5, 5.41) is 16.7. The Morgan fingerprint density at radius 1 is 1.33 bits per heavy atom. The Hall–Kier alpha value is 1.72. The van der Waals surface area contributed by atoms with E-state index in [2.05, 4.69) is 0 Å². The number of carbonyl (C=O) groups is 1. The van der Waals surface area contributed by atoms with Crippen molar-refractivity contribution in [2.75, 3.05) is 0 Å². The first kappa shape index (κ1) is 15.6. The second kappa shape index (κ2) is 9.87. The van der Waals surface area contributed by atoms with Gasteiger partial charge in [0.1, 0.15) is 0 Å². The molecule has 0 bridgehead atoms. The summed E-state index contributed by atoms with van der Waals surface area (Å²) in [6.45, 7) is 0. The molecule has 0 aliphatic heterocycles. The van der Waals surface area contributed by atoms with Gasteiger partial charge in [-0.25, -0.2) is 0 Å². The number of hydrogen-bond donors (Lipinski definition) is 0. The van der Waals surface area contributed by atoms with Crippen LogP contribution in [-0.4, -0.2) is 55.0 Å². The fraction of sp³-hybridized carbons (Fsp3) is 0. The van der Waals surface area contributed by atoms with E-state index in [4.69, 9.17) is 15.0 Å². The van der Waals surface area contributed by atoms with Crippen molar-refractivity contribution in [2.45, 2.75) is 0 Å². The summed E-state index contributed by atoms with van der Waals surface area (Å²) >= 11 is 0. The van der Waals surface area contributed by atoms with Crippen molar-refractivity contribution < 1.29 is 41.2 Å². The zero-order chi connectivity index (χ0) is 3.58. The molecular weight excluding hydrogens is 289 g/mol. The summed E-state index contributed by atoms with van der Waals surface area (Å²) in [6, 6.07) is 0. The molecule has 3 nitrogen and oxygen atoms in total. The van der Waals surface area contributed by atoms with Gasteiger partial charge < -0.3 is 15.0 Å². The maximum Gasteiger partial charge on any atom is 2.00 e. The molecule has 0 rings (SSSR count). The van der Waals surface area contributed by atoms with Gasteiger partial charge in [-0.2, -0.15) is 0 Å². The zero-order valence-electron chi connectivity index (χ0n) is 2.93.